The van der Waals surface area contributed by atoms with E-state index in [4.69, 9.17) is 4.74 Å². The summed E-state index contributed by atoms with van der Waals surface area (Å²) in [6.07, 6.45) is 3.24. The van der Waals surface area contributed by atoms with Crippen LogP contribution in [-0.4, -0.2) is 12.6 Å². The lowest BCUT2D eigenvalue weighted by Gasteiger charge is -2.12. The Morgan fingerprint density at radius 3 is 2.21 bits per heavy atom. The molecule has 2 heteroatoms. The van der Waals surface area contributed by atoms with Crippen LogP contribution in [0.25, 0.3) is 0 Å². The van der Waals surface area contributed by atoms with Gasteiger partial charge in [-0.25, -0.2) is 0 Å². The summed E-state index contributed by atoms with van der Waals surface area (Å²) >= 11 is 0. The van der Waals surface area contributed by atoms with Crippen LogP contribution in [0.3, 0.4) is 0 Å². The lowest BCUT2D eigenvalue weighted by molar-refractivity contribution is -0.140. The molecular weight excluding hydrogens is 176 g/mol. The number of carbonyl (C=O) groups excluding carboxylic acids is 1. The molecule has 82 valence electrons. The molecular formula is C12H22O2. The van der Waals surface area contributed by atoms with E-state index >= 15 is 0 Å². The molecule has 2 nitrogen and oxygen atoms in total. The molecule has 0 heterocycles. The first-order valence-corrected chi connectivity index (χ1v) is 5.25. The standard InChI is InChI=1S/C12H22O2/c1-9(2)6-7-12(10(3)4)8-14-11(5)13/h7,9-10H,6,8H2,1-5H3/b12-7+. The van der Waals surface area contributed by atoms with Crippen molar-refractivity contribution in [3.05, 3.63) is 11.6 Å². The molecule has 0 aromatic heterocycles. The molecule has 0 fully saturated rings. The number of hydrogen-bond acceptors (Lipinski definition) is 2. The van der Waals surface area contributed by atoms with Crippen LogP contribution in [0.4, 0.5) is 0 Å². The van der Waals surface area contributed by atoms with Crippen molar-refractivity contribution in [1.29, 1.82) is 0 Å². The predicted molar refractivity (Wildman–Crippen MR) is 59.0 cm³/mol. The van der Waals surface area contributed by atoms with Gasteiger partial charge in [0, 0.05) is 6.92 Å². The van der Waals surface area contributed by atoms with Gasteiger partial charge in [0.2, 0.25) is 0 Å². The zero-order valence-electron chi connectivity index (χ0n) is 9.96. The topological polar surface area (TPSA) is 26.3 Å². The Morgan fingerprint density at radius 1 is 1.29 bits per heavy atom. The van der Waals surface area contributed by atoms with E-state index in [1.54, 1.807) is 0 Å². The molecule has 0 spiro atoms. The zero-order valence-corrected chi connectivity index (χ0v) is 9.96. The maximum atomic E-state index is 10.7. The summed E-state index contributed by atoms with van der Waals surface area (Å²) in [4.78, 5) is 10.7. The molecule has 0 saturated heterocycles. The van der Waals surface area contributed by atoms with E-state index in [0.717, 1.165) is 6.42 Å². The molecule has 0 unspecified atom stereocenters. The Bertz CT molecular complexity index is 202. The highest BCUT2D eigenvalue weighted by Gasteiger charge is 2.05. The van der Waals surface area contributed by atoms with Gasteiger partial charge >= 0.3 is 5.97 Å². The van der Waals surface area contributed by atoms with Crippen molar-refractivity contribution < 1.29 is 9.53 Å². The Kier molecular flexibility index (Phi) is 6.26. The molecule has 0 aliphatic carbocycles. The molecule has 0 atom stereocenters. The molecule has 0 saturated carbocycles. The van der Waals surface area contributed by atoms with E-state index in [-0.39, 0.29) is 5.97 Å². The summed E-state index contributed by atoms with van der Waals surface area (Å²) in [6, 6.07) is 0. The molecule has 0 radical (unpaired) electrons. The molecule has 0 amide bonds. The average Bonchev–Trinajstić information content (AvgIpc) is 2.02. The van der Waals surface area contributed by atoms with Gasteiger partial charge in [-0.3, -0.25) is 4.79 Å². The van der Waals surface area contributed by atoms with E-state index < -0.39 is 0 Å². The minimum atomic E-state index is -0.207. The number of hydrogen-bond donors (Lipinski definition) is 0. The fraction of sp³-hybridized carbons (Fsp3) is 0.750. The van der Waals surface area contributed by atoms with E-state index in [9.17, 15) is 4.79 Å². The third kappa shape index (κ3) is 6.70. The molecule has 0 aliphatic rings. The first-order chi connectivity index (χ1) is 6.43. The van der Waals surface area contributed by atoms with Gasteiger partial charge < -0.3 is 4.74 Å². The molecule has 0 N–H and O–H groups in total. The summed E-state index contributed by atoms with van der Waals surface area (Å²) in [7, 11) is 0. The number of allylic oxidation sites excluding steroid dienone is 1. The second kappa shape index (κ2) is 6.63. The highest BCUT2D eigenvalue weighted by molar-refractivity contribution is 5.66. The second-order valence-electron chi connectivity index (χ2n) is 4.34. The van der Waals surface area contributed by atoms with E-state index in [2.05, 4.69) is 33.8 Å². The number of ether oxygens (including phenoxy) is 1. The molecule has 14 heavy (non-hydrogen) atoms. The number of carbonyl (C=O) groups is 1. The van der Waals surface area contributed by atoms with Gasteiger partial charge in [0.15, 0.2) is 0 Å². The normalized spacial score (nSPS) is 12.4. The van der Waals surface area contributed by atoms with Crippen LogP contribution < -0.4 is 0 Å². The second-order valence-corrected chi connectivity index (χ2v) is 4.34. The van der Waals surface area contributed by atoms with Crippen LogP contribution in [0, 0.1) is 11.8 Å². The van der Waals surface area contributed by atoms with Crippen LogP contribution in [-0.2, 0) is 9.53 Å². The zero-order chi connectivity index (χ0) is 11.1. The molecule has 0 aromatic rings. The van der Waals surface area contributed by atoms with E-state index in [1.165, 1.54) is 12.5 Å². The van der Waals surface area contributed by atoms with Crippen molar-refractivity contribution in [2.45, 2.75) is 41.0 Å². The van der Waals surface area contributed by atoms with Gasteiger partial charge in [-0.1, -0.05) is 33.8 Å². The predicted octanol–water partition coefficient (Wildman–Crippen LogP) is 3.18. The van der Waals surface area contributed by atoms with E-state index in [0.29, 0.717) is 18.4 Å². The molecule has 0 aliphatic heterocycles. The van der Waals surface area contributed by atoms with Gasteiger partial charge in [-0.05, 0) is 23.8 Å². The van der Waals surface area contributed by atoms with Crippen molar-refractivity contribution in [1.82, 2.24) is 0 Å². The first kappa shape index (κ1) is 13.2. The minimum Gasteiger partial charge on any atom is -0.461 e. The van der Waals surface area contributed by atoms with Crippen molar-refractivity contribution in [2.24, 2.45) is 11.8 Å². The Hall–Kier alpha value is -0.790. The maximum Gasteiger partial charge on any atom is 0.302 e. The van der Waals surface area contributed by atoms with Crippen LogP contribution >= 0.6 is 0 Å². The smallest absolute Gasteiger partial charge is 0.302 e. The van der Waals surface area contributed by atoms with Crippen molar-refractivity contribution in [3.8, 4) is 0 Å². The largest absolute Gasteiger partial charge is 0.461 e. The Labute approximate surface area is 87.3 Å². The molecule has 0 bridgehead atoms. The van der Waals surface area contributed by atoms with Gasteiger partial charge in [0.1, 0.15) is 6.61 Å². The van der Waals surface area contributed by atoms with Gasteiger partial charge in [0.05, 0.1) is 0 Å². The SMILES string of the molecule is CC(=O)OC/C(=C\CC(C)C)C(C)C. The van der Waals surface area contributed by atoms with Crippen molar-refractivity contribution >= 4 is 5.97 Å². The third-order valence-corrected chi connectivity index (χ3v) is 2.04. The van der Waals surface area contributed by atoms with Gasteiger partial charge in [-0.15, -0.1) is 0 Å². The summed E-state index contributed by atoms with van der Waals surface area (Å²) in [5.74, 6) is 0.898. The highest BCUT2D eigenvalue weighted by Crippen LogP contribution is 2.13. The quantitative estimate of drug-likeness (QED) is 0.501. The van der Waals surface area contributed by atoms with Crippen molar-refractivity contribution in [3.63, 3.8) is 0 Å². The fourth-order valence-electron chi connectivity index (χ4n) is 1.03. The molecule has 0 aromatic carbocycles. The summed E-state index contributed by atoms with van der Waals surface area (Å²) in [5, 5.41) is 0. The summed E-state index contributed by atoms with van der Waals surface area (Å²) in [6.45, 7) is 10.5. The summed E-state index contributed by atoms with van der Waals surface area (Å²) < 4.78 is 4.99. The molecule has 0 rings (SSSR count). The number of esters is 1. The van der Waals surface area contributed by atoms with Gasteiger partial charge in [0.25, 0.3) is 0 Å². The maximum absolute atomic E-state index is 10.7. The van der Waals surface area contributed by atoms with Crippen LogP contribution in [0.15, 0.2) is 11.6 Å². The third-order valence-electron chi connectivity index (χ3n) is 2.04. The van der Waals surface area contributed by atoms with Crippen LogP contribution in [0.2, 0.25) is 0 Å². The first-order valence-electron chi connectivity index (χ1n) is 5.25. The fourth-order valence-corrected chi connectivity index (χ4v) is 1.03. The average molecular weight is 198 g/mol. The minimum absolute atomic E-state index is 0.207. The van der Waals surface area contributed by atoms with Crippen LogP contribution in [0.5, 0.6) is 0 Å². The Balaban J connectivity index is 4.14. The monoisotopic (exact) mass is 198 g/mol. The van der Waals surface area contributed by atoms with Crippen LogP contribution in [0.1, 0.15) is 41.0 Å². The Morgan fingerprint density at radius 2 is 1.86 bits per heavy atom. The van der Waals surface area contributed by atoms with Crippen molar-refractivity contribution in [2.75, 3.05) is 6.61 Å². The number of rotatable bonds is 5. The lowest BCUT2D eigenvalue weighted by Crippen LogP contribution is -2.08. The van der Waals surface area contributed by atoms with Gasteiger partial charge in [-0.2, -0.15) is 0 Å². The highest BCUT2D eigenvalue weighted by atomic mass is 16.5. The van der Waals surface area contributed by atoms with E-state index in [1.807, 2.05) is 0 Å². The summed E-state index contributed by atoms with van der Waals surface area (Å²) in [5.41, 5.74) is 1.22. The lowest BCUT2D eigenvalue weighted by atomic mass is 10.0.